The molecular weight excluding hydrogens is 150 g/mol. The molecular formula is C10H9NO. The van der Waals surface area contributed by atoms with E-state index in [0.29, 0.717) is 6.42 Å². The van der Waals surface area contributed by atoms with Gasteiger partial charge in [-0.25, -0.2) is 0 Å². The molecule has 0 unspecified atom stereocenters. The minimum absolute atomic E-state index is 0.431. The Kier molecular flexibility index (Phi) is 1.74. The highest BCUT2D eigenvalue weighted by Gasteiger charge is 2.13. The molecule has 0 bridgehead atoms. The first-order valence-electron chi connectivity index (χ1n) is 3.99. The Morgan fingerprint density at radius 1 is 1.58 bits per heavy atom. The molecule has 1 aliphatic heterocycles. The molecule has 1 heterocycles. The van der Waals surface area contributed by atoms with Crippen LogP contribution in [0.25, 0.3) is 0 Å². The van der Waals surface area contributed by atoms with E-state index >= 15 is 0 Å². The quantitative estimate of drug-likeness (QED) is 0.565. The first-order chi connectivity index (χ1) is 5.90. The molecule has 0 N–H and O–H groups in total. The lowest BCUT2D eigenvalue weighted by Crippen LogP contribution is -1.97. The van der Waals surface area contributed by atoms with Gasteiger partial charge in [0.25, 0.3) is 0 Å². The Morgan fingerprint density at radius 2 is 2.50 bits per heavy atom. The summed E-state index contributed by atoms with van der Waals surface area (Å²) in [5, 5.41) is 0. The molecule has 0 aromatic rings. The van der Waals surface area contributed by atoms with Crippen LogP contribution in [0, 0.1) is 0 Å². The van der Waals surface area contributed by atoms with Gasteiger partial charge in [0.1, 0.15) is 6.29 Å². The number of rotatable bonds is 2. The van der Waals surface area contributed by atoms with Crippen molar-refractivity contribution >= 4 is 12.0 Å². The van der Waals surface area contributed by atoms with E-state index in [4.69, 9.17) is 0 Å². The van der Waals surface area contributed by atoms with Crippen LogP contribution in [-0.2, 0) is 4.79 Å². The third-order valence-electron chi connectivity index (χ3n) is 1.95. The van der Waals surface area contributed by atoms with Crippen molar-refractivity contribution in [3.05, 3.63) is 35.6 Å². The smallest absolute Gasteiger partial charge is 0.125 e. The third-order valence-corrected chi connectivity index (χ3v) is 1.95. The average molecular weight is 159 g/mol. The Morgan fingerprint density at radius 3 is 3.25 bits per heavy atom. The van der Waals surface area contributed by atoms with E-state index < -0.39 is 0 Å². The third kappa shape index (κ3) is 1.16. The summed E-state index contributed by atoms with van der Waals surface area (Å²) in [5.41, 5.74) is 3.14. The van der Waals surface area contributed by atoms with Crippen molar-refractivity contribution in [2.24, 2.45) is 4.99 Å². The highest BCUT2D eigenvalue weighted by atomic mass is 16.1. The second kappa shape index (κ2) is 2.89. The van der Waals surface area contributed by atoms with Gasteiger partial charge in [-0.3, -0.25) is 4.99 Å². The SMILES string of the molecule is O=CCC1=CC2=CC=CCC2=N1. The number of carbonyl (C=O) groups is 1. The van der Waals surface area contributed by atoms with Crippen LogP contribution >= 0.6 is 0 Å². The summed E-state index contributed by atoms with van der Waals surface area (Å²) in [7, 11) is 0. The number of allylic oxidation sites excluding steroid dienone is 6. The van der Waals surface area contributed by atoms with Crippen LogP contribution in [0.4, 0.5) is 0 Å². The van der Waals surface area contributed by atoms with Gasteiger partial charge >= 0.3 is 0 Å². The molecule has 0 saturated carbocycles. The first kappa shape index (κ1) is 7.22. The summed E-state index contributed by atoms with van der Waals surface area (Å²) in [6.45, 7) is 0. The van der Waals surface area contributed by atoms with Crippen molar-refractivity contribution in [3.8, 4) is 0 Å². The fraction of sp³-hybridized carbons (Fsp3) is 0.200. The predicted molar refractivity (Wildman–Crippen MR) is 48.0 cm³/mol. The van der Waals surface area contributed by atoms with Gasteiger partial charge in [0.2, 0.25) is 0 Å². The topological polar surface area (TPSA) is 29.4 Å². The molecule has 1 aliphatic carbocycles. The lowest BCUT2D eigenvalue weighted by Gasteiger charge is -2.01. The van der Waals surface area contributed by atoms with Gasteiger partial charge in [0, 0.05) is 18.5 Å². The Bertz CT molecular complexity index is 332. The second-order valence-electron chi connectivity index (χ2n) is 2.82. The van der Waals surface area contributed by atoms with Crippen LogP contribution in [-0.4, -0.2) is 12.0 Å². The van der Waals surface area contributed by atoms with Gasteiger partial charge in [-0.15, -0.1) is 0 Å². The van der Waals surface area contributed by atoms with Crippen molar-refractivity contribution < 1.29 is 4.79 Å². The predicted octanol–water partition coefficient (Wildman–Crippen LogP) is 1.80. The zero-order valence-corrected chi connectivity index (χ0v) is 6.66. The minimum atomic E-state index is 0.431. The van der Waals surface area contributed by atoms with Crippen molar-refractivity contribution in [2.75, 3.05) is 0 Å². The molecule has 0 amide bonds. The number of fused-ring (bicyclic) bond motifs is 1. The molecule has 2 nitrogen and oxygen atoms in total. The van der Waals surface area contributed by atoms with Crippen molar-refractivity contribution in [3.63, 3.8) is 0 Å². The normalized spacial score (nSPS) is 19.5. The number of hydrogen-bond acceptors (Lipinski definition) is 2. The lowest BCUT2D eigenvalue weighted by molar-refractivity contribution is -0.107. The fourth-order valence-electron chi connectivity index (χ4n) is 1.38. The van der Waals surface area contributed by atoms with Crippen LogP contribution in [0.15, 0.2) is 40.6 Å². The highest BCUT2D eigenvalue weighted by Crippen LogP contribution is 2.22. The summed E-state index contributed by atoms with van der Waals surface area (Å²) in [4.78, 5) is 14.5. The zero-order chi connectivity index (χ0) is 8.39. The molecule has 0 fully saturated rings. The second-order valence-corrected chi connectivity index (χ2v) is 2.82. The van der Waals surface area contributed by atoms with E-state index in [2.05, 4.69) is 11.1 Å². The van der Waals surface area contributed by atoms with E-state index in [1.54, 1.807) is 0 Å². The minimum Gasteiger partial charge on any atom is -0.303 e. The van der Waals surface area contributed by atoms with Crippen molar-refractivity contribution in [1.29, 1.82) is 0 Å². The highest BCUT2D eigenvalue weighted by molar-refractivity contribution is 6.07. The summed E-state index contributed by atoms with van der Waals surface area (Å²) >= 11 is 0. The maximum absolute atomic E-state index is 10.2. The average Bonchev–Trinajstić information content (AvgIpc) is 2.47. The first-order valence-corrected chi connectivity index (χ1v) is 3.99. The summed E-state index contributed by atoms with van der Waals surface area (Å²) in [6.07, 6.45) is 10.3. The molecule has 0 aromatic heterocycles. The summed E-state index contributed by atoms with van der Waals surface area (Å²) in [6, 6.07) is 0. The maximum atomic E-state index is 10.2. The van der Waals surface area contributed by atoms with E-state index in [9.17, 15) is 4.79 Å². The molecule has 0 radical (unpaired) electrons. The fourth-order valence-corrected chi connectivity index (χ4v) is 1.38. The molecule has 2 heteroatoms. The lowest BCUT2D eigenvalue weighted by atomic mass is 10.0. The number of aliphatic imine (C=N–C) groups is 1. The van der Waals surface area contributed by atoms with Gasteiger partial charge in [0.15, 0.2) is 0 Å². The van der Waals surface area contributed by atoms with Crippen LogP contribution in [0.5, 0.6) is 0 Å². The molecule has 0 aromatic carbocycles. The van der Waals surface area contributed by atoms with Crippen LogP contribution in [0.1, 0.15) is 12.8 Å². The number of nitrogens with zero attached hydrogens (tertiary/aromatic N) is 1. The number of carbonyl (C=O) groups excluding carboxylic acids is 1. The Labute approximate surface area is 71.0 Å². The van der Waals surface area contributed by atoms with Gasteiger partial charge in [-0.05, 0) is 11.6 Å². The number of aldehydes is 1. The molecule has 60 valence electrons. The Balaban J connectivity index is 2.26. The van der Waals surface area contributed by atoms with Crippen molar-refractivity contribution in [1.82, 2.24) is 0 Å². The van der Waals surface area contributed by atoms with E-state index in [0.717, 1.165) is 29.7 Å². The monoisotopic (exact) mass is 159 g/mol. The van der Waals surface area contributed by atoms with Gasteiger partial charge in [-0.1, -0.05) is 18.2 Å². The summed E-state index contributed by atoms with van der Waals surface area (Å²) < 4.78 is 0. The maximum Gasteiger partial charge on any atom is 0.125 e. The standard InChI is InChI=1S/C10H9NO/c12-6-5-9-7-8-3-1-2-4-10(8)11-9/h1-3,6-7H,4-5H2. The van der Waals surface area contributed by atoms with E-state index in [1.807, 2.05) is 18.2 Å². The van der Waals surface area contributed by atoms with Crippen molar-refractivity contribution in [2.45, 2.75) is 12.8 Å². The van der Waals surface area contributed by atoms with Gasteiger partial charge in [-0.2, -0.15) is 0 Å². The summed E-state index contributed by atoms with van der Waals surface area (Å²) in [5.74, 6) is 0. The number of hydrogen-bond donors (Lipinski definition) is 0. The molecule has 2 rings (SSSR count). The van der Waals surface area contributed by atoms with Crippen LogP contribution in [0.3, 0.4) is 0 Å². The Hall–Kier alpha value is -1.44. The zero-order valence-electron chi connectivity index (χ0n) is 6.66. The van der Waals surface area contributed by atoms with Gasteiger partial charge in [0.05, 0.1) is 5.71 Å². The molecule has 0 saturated heterocycles. The molecule has 0 atom stereocenters. The molecule has 12 heavy (non-hydrogen) atoms. The molecule has 0 spiro atoms. The largest absolute Gasteiger partial charge is 0.303 e. The van der Waals surface area contributed by atoms with E-state index in [-0.39, 0.29) is 0 Å². The molecule has 2 aliphatic rings. The van der Waals surface area contributed by atoms with Crippen LogP contribution < -0.4 is 0 Å². The van der Waals surface area contributed by atoms with Crippen LogP contribution in [0.2, 0.25) is 0 Å². The van der Waals surface area contributed by atoms with Gasteiger partial charge < -0.3 is 4.79 Å². The van der Waals surface area contributed by atoms with E-state index in [1.165, 1.54) is 0 Å².